The average Bonchev–Trinajstić information content (AvgIpc) is 2.01. The molecular weight excluding hydrogens is 166 g/mol. The Balaban J connectivity index is 4.24. The minimum absolute atomic E-state index is 0.222. The Bertz CT molecular complexity index is 176. The number of esters is 1. The Morgan fingerprint density at radius 3 is 2.08 bits per heavy atom. The summed E-state index contributed by atoms with van der Waals surface area (Å²) in [7, 11) is 1.41. The van der Waals surface area contributed by atoms with Crippen molar-refractivity contribution in [3.05, 3.63) is 0 Å². The Morgan fingerprint density at radius 2 is 1.77 bits per heavy atom. The van der Waals surface area contributed by atoms with Gasteiger partial charge in [-0.25, -0.2) is 0 Å². The fourth-order valence-electron chi connectivity index (χ4n) is 1.05. The summed E-state index contributed by atoms with van der Waals surface area (Å²) >= 11 is 0. The zero-order valence-corrected chi connectivity index (χ0v) is 9.47. The van der Waals surface area contributed by atoms with Gasteiger partial charge >= 0.3 is 5.97 Å². The van der Waals surface area contributed by atoms with Crippen LogP contribution in [0.1, 0.15) is 34.6 Å². The van der Waals surface area contributed by atoms with Crippen molar-refractivity contribution >= 4 is 5.97 Å². The summed E-state index contributed by atoms with van der Waals surface area (Å²) in [5.74, 6) is 0.281. The molecule has 0 heterocycles. The van der Waals surface area contributed by atoms with Crippen LogP contribution in [0.5, 0.6) is 0 Å². The predicted octanol–water partition coefficient (Wildman–Crippen LogP) is 1.57. The molecule has 3 heteroatoms. The molecule has 1 atom stereocenters. The summed E-state index contributed by atoms with van der Waals surface area (Å²) in [6.07, 6.45) is 0. The molecule has 0 aliphatic rings. The van der Waals surface area contributed by atoms with Crippen molar-refractivity contribution in [3.8, 4) is 0 Å². The average molecular weight is 187 g/mol. The van der Waals surface area contributed by atoms with E-state index in [0.717, 1.165) is 0 Å². The van der Waals surface area contributed by atoms with Gasteiger partial charge in [0.2, 0.25) is 0 Å². The molecule has 0 aliphatic carbocycles. The van der Waals surface area contributed by atoms with Crippen LogP contribution in [0.15, 0.2) is 0 Å². The van der Waals surface area contributed by atoms with E-state index in [1.165, 1.54) is 7.11 Å². The number of nitrogens with one attached hydrogen (secondary N) is 1. The summed E-state index contributed by atoms with van der Waals surface area (Å²) < 4.78 is 4.69. The largest absolute Gasteiger partial charge is 0.468 e. The number of ether oxygens (including phenoxy) is 1. The van der Waals surface area contributed by atoms with Gasteiger partial charge in [-0.3, -0.25) is 10.1 Å². The molecule has 0 fully saturated rings. The number of carbonyl (C=O) groups excluding carboxylic acids is 1. The monoisotopic (exact) mass is 187 g/mol. The molecule has 0 aliphatic heterocycles. The molecular formula is C10H21NO2. The quantitative estimate of drug-likeness (QED) is 0.679. The highest BCUT2D eigenvalue weighted by Gasteiger charge is 2.30. The van der Waals surface area contributed by atoms with Gasteiger partial charge < -0.3 is 4.74 Å². The molecule has 1 unspecified atom stereocenters. The van der Waals surface area contributed by atoms with E-state index < -0.39 is 5.54 Å². The van der Waals surface area contributed by atoms with E-state index in [9.17, 15) is 4.79 Å². The summed E-state index contributed by atoms with van der Waals surface area (Å²) in [5, 5.41) is 3.23. The van der Waals surface area contributed by atoms with Crippen molar-refractivity contribution in [3.63, 3.8) is 0 Å². The first-order valence-corrected chi connectivity index (χ1v) is 4.67. The van der Waals surface area contributed by atoms with Crippen molar-refractivity contribution in [1.29, 1.82) is 0 Å². The zero-order valence-electron chi connectivity index (χ0n) is 9.47. The third kappa shape index (κ3) is 3.77. The van der Waals surface area contributed by atoms with E-state index in [2.05, 4.69) is 26.1 Å². The predicted molar refractivity (Wildman–Crippen MR) is 53.5 cm³/mol. The molecule has 0 saturated carbocycles. The van der Waals surface area contributed by atoms with Gasteiger partial charge in [0.25, 0.3) is 0 Å². The molecule has 1 N–H and O–H groups in total. The maximum atomic E-state index is 11.3. The normalized spacial score (nSPS) is 14.4. The summed E-state index contributed by atoms with van der Waals surface area (Å²) in [5.41, 5.74) is -0.599. The number of hydrogen-bond donors (Lipinski definition) is 1. The van der Waals surface area contributed by atoms with Gasteiger partial charge in [0.05, 0.1) is 7.11 Å². The van der Waals surface area contributed by atoms with Crippen LogP contribution in [0.25, 0.3) is 0 Å². The molecule has 0 spiro atoms. The van der Waals surface area contributed by atoms with E-state index in [4.69, 9.17) is 4.74 Å². The van der Waals surface area contributed by atoms with Crippen LogP contribution in [-0.2, 0) is 9.53 Å². The lowest BCUT2D eigenvalue weighted by Gasteiger charge is -2.29. The second kappa shape index (κ2) is 4.61. The van der Waals surface area contributed by atoms with Crippen LogP contribution >= 0.6 is 0 Å². The van der Waals surface area contributed by atoms with Crippen LogP contribution in [-0.4, -0.2) is 24.7 Å². The first-order valence-electron chi connectivity index (χ1n) is 4.67. The summed E-state index contributed by atoms with van der Waals surface area (Å²) in [6, 6.07) is 0.300. The van der Waals surface area contributed by atoms with Gasteiger partial charge in [0.15, 0.2) is 0 Å². The Hall–Kier alpha value is -0.570. The van der Waals surface area contributed by atoms with Gasteiger partial charge in [0.1, 0.15) is 5.54 Å². The highest BCUT2D eigenvalue weighted by atomic mass is 16.5. The molecule has 0 saturated heterocycles. The van der Waals surface area contributed by atoms with Gasteiger partial charge in [-0.2, -0.15) is 0 Å². The van der Waals surface area contributed by atoms with Crippen LogP contribution in [0.3, 0.4) is 0 Å². The molecule has 0 amide bonds. The van der Waals surface area contributed by atoms with Crippen molar-refractivity contribution < 1.29 is 9.53 Å². The van der Waals surface area contributed by atoms with E-state index in [1.54, 1.807) is 0 Å². The number of methoxy groups -OCH3 is 1. The van der Waals surface area contributed by atoms with Crippen LogP contribution in [0.2, 0.25) is 0 Å². The maximum absolute atomic E-state index is 11.3. The minimum atomic E-state index is -0.599. The SMILES string of the molecule is COC(=O)C(C)(C)NC(C)C(C)C. The smallest absolute Gasteiger partial charge is 0.325 e. The van der Waals surface area contributed by atoms with Gasteiger partial charge in [-0.1, -0.05) is 13.8 Å². The molecule has 3 nitrogen and oxygen atoms in total. The number of carbonyl (C=O) groups is 1. The zero-order chi connectivity index (χ0) is 10.6. The second-order valence-electron chi connectivity index (χ2n) is 4.29. The Labute approximate surface area is 80.8 Å². The van der Waals surface area contributed by atoms with Crippen LogP contribution in [0.4, 0.5) is 0 Å². The molecule has 0 rings (SSSR count). The molecule has 13 heavy (non-hydrogen) atoms. The van der Waals surface area contributed by atoms with E-state index in [0.29, 0.717) is 12.0 Å². The van der Waals surface area contributed by atoms with Crippen molar-refractivity contribution in [1.82, 2.24) is 5.32 Å². The van der Waals surface area contributed by atoms with Crippen LogP contribution in [0, 0.1) is 5.92 Å². The van der Waals surface area contributed by atoms with Gasteiger partial charge in [0, 0.05) is 6.04 Å². The molecule has 0 aromatic heterocycles. The second-order valence-corrected chi connectivity index (χ2v) is 4.29. The highest BCUT2D eigenvalue weighted by Crippen LogP contribution is 2.10. The van der Waals surface area contributed by atoms with Gasteiger partial charge in [-0.05, 0) is 26.7 Å². The molecule has 0 aromatic rings. The first kappa shape index (κ1) is 12.4. The first-order chi connectivity index (χ1) is 5.81. The summed E-state index contributed by atoms with van der Waals surface area (Å²) in [6.45, 7) is 9.96. The molecule has 0 aromatic carbocycles. The lowest BCUT2D eigenvalue weighted by molar-refractivity contribution is -0.147. The highest BCUT2D eigenvalue weighted by molar-refractivity contribution is 5.79. The minimum Gasteiger partial charge on any atom is -0.468 e. The Kier molecular flexibility index (Phi) is 4.40. The topological polar surface area (TPSA) is 38.3 Å². The lowest BCUT2D eigenvalue weighted by atomic mass is 9.99. The fraction of sp³-hybridized carbons (Fsp3) is 0.900. The van der Waals surface area contributed by atoms with Gasteiger partial charge in [-0.15, -0.1) is 0 Å². The van der Waals surface area contributed by atoms with Crippen LogP contribution < -0.4 is 5.32 Å². The van der Waals surface area contributed by atoms with E-state index >= 15 is 0 Å². The summed E-state index contributed by atoms with van der Waals surface area (Å²) in [4.78, 5) is 11.3. The van der Waals surface area contributed by atoms with E-state index in [1.807, 2.05) is 13.8 Å². The number of rotatable bonds is 4. The maximum Gasteiger partial charge on any atom is 0.325 e. The molecule has 0 bridgehead atoms. The van der Waals surface area contributed by atoms with Crippen molar-refractivity contribution in [2.45, 2.75) is 46.2 Å². The van der Waals surface area contributed by atoms with Crippen molar-refractivity contribution in [2.75, 3.05) is 7.11 Å². The van der Waals surface area contributed by atoms with Crippen molar-refractivity contribution in [2.24, 2.45) is 5.92 Å². The standard InChI is InChI=1S/C10H21NO2/c1-7(2)8(3)11-10(4,5)9(12)13-6/h7-8,11H,1-6H3. The van der Waals surface area contributed by atoms with E-state index in [-0.39, 0.29) is 5.97 Å². The molecule has 0 radical (unpaired) electrons. The Morgan fingerprint density at radius 1 is 1.31 bits per heavy atom. The molecule has 78 valence electrons. The third-order valence-corrected chi connectivity index (χ3v) is 2.28. The fourth-order valence-corrected chi connectivity index (χ4v) is 1.05. The number of hydrogen-bond acceptors (Lipinski definition) is 3. The third-order valence-electron chi connectivity index (χ3n) is 2.28. The lowest BCUT2D eigenvalue weighted by Crippen LogP contribution is -2.52.